The zero-order valence-corrected chi connectivity index (χ0v) is 16.4. The Morgan fingerprint density at radius 3 is 2.54 bits per heavy atom. The molecule has 0 aliphatic rings. The number of thioether (sulfide) groups is 1. The summed E-state index contributed by atoms with van der Waals surface area (Å²) >= 11 is 1.25. The molecule has 0 atom stereocenters. The lowest BCUT2D eigenvalue weighted by Crippen LogP contribution is -2.25. The molecule has 3 rings (SSSR count). The van der Waals surface area contributed by atoms with Crippen molar-refractivity contribution in [3.63, 3.8) is 0 Å². The third kappa shape index (κ3) is 5.43. The molecule has 28 heavy (non-hydrogen) atoms. The Kier molecular flexibility index (Phi) is 6.44. The van der Waals surface area contributed by atoms with Gasteiger partial charge in [-0.2, -0.15) is 0 Å². The smallest absolute Gasteiger partial charge is 0.253 e. The van der Waals surface area contributed by atoms with Gasteiger partial charge in [-0.15, -0.1) is 0 Å². The summed E-state index contributed by atoms with van der Waals surface area (Å²) in [4.78, 5) is 33.4. The number of hydrogen-bond acceptors (Lipinski definition) is 6. The van der Waals surface area contributed by atoms with Gasteiger partial charge in [-0.1, -0.05) is 23.9 Å². The molecule has 0 saturated carbocycles. The zero-order chi connectivity index (χ0) is 19.9. The van der Waals surface area contributed by atoms with Crippen LogP contribution in [0.1, 0.15) is 27.5 Å². The Balaban J connectivity index is 1.60. The molecule has 2 heterocycles. The van der Waals surface area contributed by atoms with Crippen LogP contribution in [0.3, 0.4) is 0 Å². The maximum Gasteiger partial charge on any atom is 0.253 e. The van der Waals surface area contributed by atoms with Gasteiger partial charge in [0, 0.05) is 11.4 Å². The fourth-order valence-electron chi connectivity index (χ4n) is 2.54. The molecule has 1 aromatic carbocycles. The third-order valence-corrected chi connectivity index (χ3v) is 4.59. The minimum atomic E-state index is -0.294. The lowest BCUT2D eigenvalue weighted by Gasteiger charge is -2.11. The van der Waals surface area contributed by atoms with E-state index < -0.39 is 0 Å². The molecular weight excluding hydrogens is 376 g/mol. The number of anilines is 1. The van der Waals surface area contributed by atoms with Gasteiger partial charge in [0.25, 0.3) is 5.91 Å². The predicted molar refractivity (Wildman–Crippen MR) is 107 cm³/mol. The number of carbonyl (C=O) groups is 2. The molecule has 0 unspecified atom stereocenters. The molecule has 0 aliphatic carbocycles. The monoisotopic (exact) mass is 396 g/mol. The maximum absolute atomic E-state index is 12.5. The Labute approximate surface area is 167 Å². The first-order chi connectivity index (χ1) is 13.5. The van der Waals surface area contributed by atoms with E-state index in [-0.39, 0.29) is 24.1 Å². The van der Waals surface area contributed by atoms with Gasteiger partial charge in [-0.3, -0.25) is 9.59 Å². The zero-order valence-electron chi connectivity index (χ0n) is 15.6. The number of aryl methyl sites for hydroxylation is 2. The van der Waals surface area contributed by atoms with Gasteiger partial charge in [0.05, 0.1) is 29.8 Å². The van der Waals surface area contributed by atoms with E-state index in [4.69, 9.17) is 4.42 Å². The van der Waals surface area contributed by atoms with Crippen molar-refractivity contribution in [2.45, 2.75) is 25.5 Å². The normalized spacial score (nSPS) is 10.5. The summed E-state index contributed by atoms with van der Waals surface area (Å²) in [6, 6.07) is 12.3. The standard InChI is InChI=1S/C20H20N4O3S/c1-13-10-14(2)23-20(22-13)28-12-18(25)24-17-8-4-3-7-16(17)19(26)21-11-15-6-5-9-27-15/h3-10H,11-12H2,1-2H3,(H,21,26)(H,24,25). The second-order valence-electron chi connectivity index (χ2n) is 6.08. The van der Waals surface area contributed by atoms with Gasteiger partial charge in [0.2, 0.25) is 5.91 Å². The predicted octanol–water partition coefficient (Wildman–Crippen LogP) is 3.35. The second-order valence-corrected chi connectivity index (χ2v) is 7.02. The highest BCUT2D eigenvalue weighted by molar-refractivity contribution is 7.99. The van der Waals surface area contributed by atoms with Crippen molar-refractivity contribution in [2.75, 3.05) is 11.1 Å². The van der Waals surface area contributed by atoms with Crippen LogP contribution in [-0.4, -0.2) is 27.5 Å². The van der Waals surface area contributed by atoms with Crippen molar-refractivity contribution in [3.05, 3.63) is 71.4 Å². The number of aromatic nitrogens is 2. The van der Waals surface area contributed by atoms with E-state index in [0.717, 1.165) is 11.4 Å². The number of furan rings is 1. The Hall–Kier alpha value is -3.13. The van der Waals surface area contributed by atoms with E-state index in [2.05, 4.69) is 20.6 Å². The maximum atomic E-state index is 12.5. The van der Waals surface area contributed by atoms with Crippen LogP contribution in [0.4, 0.5) is 5.69 Å². The summed E-state index contributed by atoms with van der Waals surface area (Å²) in [5, 5.41) is 6.11. The topological polar surface area (TPSA) is 97.1 Å². The molecule has 2 amide bonds. The number of carbonyl (C=O) groups excluding carboxylic acids is 2. The first-order valence-electron chi connectivity index (χ1n) is 8.66. The van der Waals surface area contributed by atoms with E-state index in [0.29, 0.717) is 22.2 Å². The lowest BCUT2D eigenvalue weighted by molar-refractivity contribution is -0.113. The van der Waals surface area contributed by atoms with Gasteiger partial charge in [-0.05, 0) is 44.2 Å². The van der Waals surface area contributed by atoms with Crippen LogP contribution >= 0.6 is 11.8 Å². The molecule has 8 heteroatoms. The molecule has 0 fully saturated rings. The first-order valence-corrected chi connectivity index (χ1v) is 9.64. The summed E-state index contributed by atoms with van der Waals surface area (Å²) in [6.45, 7) is 4.04. The van der Waals surface area contributed by atoms with Crippen molar-refractivity contribution in [1.82, 2.24) is 15.3 Å². The Morgan fingerprint density at radius 1 is 1.07 bits per heavy atom. The number of hydrogen-bond donors (Lipinski definition) is 2. The lowest BCUT2D eigenvalue weighted by atomic mass is 10.1. The van der Waals surface area contributed by atoms with Crippen molar-refractivity contribution < 1.29 is 14.0 Å². The summed E-state index contributed by atoms with van der Waals surface area (Å²) in [5.74, 6) is 0.266. The summed E-state index contributed by atoms with van der Waals surface area (Å²) < 4.78 is 5.21. The molecule has 2 aromatic heterocycles. The molecule has 2 N–H and O–H groups in total. The minimum absolute atomic E-state index is 0.144. The van der Waals surface area contributed by atoms with E-state index in [1.165, 1.54) is 11.8 Å². The molecule has 0 spiro atoms. The number of para-hydroxylation sites is 1. The van der Waals surface area contributed by atoms with Crippen molar-refractivity contribution in [2.24, 2.45) is 0 Å². The molecule has 0 saturated heterocycles. The number of rotatable bonds is 7. The van der Waals surface area contributed by atoms with Gasteiger partial charge >= 0.3 is 0 Å². The fourth-order valence-corrected chi connectivity index (χ4v) is 3.29. The van der Waals surface area contributed by atoms with E-state index in [9.17, 15) is 9.59 Å². The largest absolute Gasteiger partial charge is 0.467 e. The van der Waals surface area contributed by atoms with E-state index in [1.807, 2.05) is 19.9 Å². The molecule has 144 valence electrons. The molecule has 7 nitrogen and oxygen atoms in total. The highest BCUT2D eigenvalue weighted by atomic mass is 32.2. The van der Waals surface area contributed by atoms with Crippen molar-refractivity contribution >= 4 is 29.3 Å². The second kappa shape index (κ2) is 9.18. The number of amides is 2. The highest BCUT2D eigenvalue weighted by Gasteiger charge is 2.14. The molecular formula is C20H20N4O3S. The van der Waals surface area contributed by atoms with Crippen LogP contribution < -0.4 is 10.6 Å². The third-order valence-electron chi connectivity index (χ3n) is 3.74. The average molecular weight is 396 g/mol. The molecule has 3 aromatic rings. The van der Waals surface area contributed by atoms with Crippen LogP contribution in [0.25, 0.3) is 0 Å². The summed E-state index contributed by atoms with van der Waals surface area (Å²) in [6.07, 6.45) is 1.55. The fraction of sp³-hybridized carbons (Fsp3) is 0.200. The van der Waals surface area contributed by atoms with Crippen LogP contribution in [0.5, 0.6) is 0 Å². The van der Waals surface area contributed by atoms with Crippen LogP contribution in [-0.2, 0) is 11.3 Å². The Bertz CT molecular complexity index is 953. The van der Waals surface area contributed by atoms with Gasteiger partial charge in [-0.25, -0.2) is 9.97 Å². The minimum Gasteiger partial charge on any atom is -0.467 e. The van der Waals surface area contributed by atoms with Crippen LogP contribution in [0.15, 0.2) is 58.3 Å². The first kappa shape index (κ1) is 19.6. The number of nitrogens with one attached hydrogen (secondary N) is 2. The van der Waals surface area contributed by atoms with Crippen LogP contribution in [0.2, 0.25) is 0 Å². The quantitative estimate of drug-likeness (QED) is 0.470. The summed E-state index contributed by atoms with van der Waals surface area (Å²) in [5.41, 5.74) is 2.55. The van der Waals surface area contributed by atoms with E-state index >= 15 is 0 Å². The van der Waals surface area contributed by atoms with Gasteiger partial charge in [0.1, 0.15) is 5.76 Å². The van der Waals surface area contributed by atoms with Gasteiger partial charge < -0.3 is 15.1 Å². The SMILES string of the molecule is Cc1cc(C)nc(SCC(=O)Nc2ccccc2C(=O)NCc2ccco2)n1. The van der Waals surface area contributed by atoms with Gasteiger partial charge in [0.15, 0.2) is 5.16 Å². The number of benzene rings is 1. The van der Waals surface area contributed by atoms with Crippen molar-refractivity contribution in [1.29, 1.82) is 0 Å². The molecule has 0 radical (unpaired) electrons. The van der Waals surface area contributed by atoms with Crippen molar-refractivity contribution in [3.8, 4) is 0 Å². The molecule has 0 aliphatic heterocycles. The van der Waals surface area contributed by atoms with E-state index in [1.54, 1.807) is 42.7 Å². The number of nitrogens with zero attached hydrogens (tertiary/aromatic N) is 2. The Morgan fingerprint density at radius 2 is 1.82 bits per heavy atom. The molecule has 0 bridgehead atoms. The van der Waals surface area contributed by atoms with Crippen LogP contribution in [0, 0.1) is 13.8 Å². The average Bonchev–Trinajstić information content (AvgIpc) is 3.18. The summed E-state index contributed by atoms with van der Waals surface area (Å²) in [7, 11) is 0. The highest BCUT2D eigenvalue weighted by Crippen LogP contribution is 2.18.